The molecule has 0 bridgehead atoms. The number of hydrogen-bond acceptors (Lipinski definition) is 2. The van der Waals surface area contributed by atoms with E-state index in [9.17, 15) is 4.79 Å². The summed E-state index contributed by atoms with van der Waals surface area (Å²) in [5.74, 6) is 1.16. The van der Waals surface area contributed by atoms with E-state index in [0.717, 1.165) is 44.7 Å². The Balaban J connectivity index is 1.28. The zero-order chi connectivity index (χ0) is 18.3. The Morgan fingerprint density at radius 3 is 2.67 bits per heavy atom. The molecule has 27 heavy (non-hydrogen) atoms. The average Bonchev–Trinajstić information content (AvgIpc) is 3.39. The summed E-state index contributed by atoms with van der Waals surface area (Å²) in [4.78, 5) is 14.8. The lowest BCUT2D eigenvalue weighted by Gasteiger charge is -2.46. The van der Waals surface area contributed by atoms with Crippen LogP contribution in [0, 0.1) is 5.92 Å². The Kier molecular flexibility index (Phi) is 4.22. The first kappa shape index (κ1) is 16.9. The van der Waals surface area contributed by atoms with Gasteiger partial charge in [-0.15, -0.1) is 0 Å². The van der Waals surface area contributed by atoms with Gasteiger partial charge in [-0.1, -0.05) is 37.8 Å². The molecule has 1 spiro atoms. The van der Waals surface area contributed by atoms with Crippen LogP contribution in [0.5, 0.6) is 0 Å². The van der Waals surface area contributed by atoms with Gasteiger partial charge < -0.3 is 14.8 Å². The molecular formula is C23H29N3O. The number of nitrogens with zero attached hydrogens (tertiary/aromatic N) is 2. The fourth-order valence-corrected chi connectivity index (χ4v) is 5.40. The van der Waals surface area contributed by atoms with E-state index in [1.165, 1.54) is 42.8 Å². The van der Waals surface area contributed by atoms with Crippen molar-refractivity contribution in [3.05, 3.63) is 48.3 Å². The molecule has 142 valence electrons. The van der Waals surface area contributed by atoms with Gasteiger partial charge in [-0.2, -0.15) is 0 Å². The fraction of sp³-hybridized carbons (Fsp3) is 0.522. The number of carbonyl (C=O) groups is 1. The smallest absolute Gasteiger partial charge is 0.222 e. The number of rotatable bonds is 3. The summed E-state index contributed by atoms with van der Waals surface area (Å²) in [6, 6.07) is 12.9. The maximum absolute atomic E-state index is 12.7. The Labute approximate surface area is 161 Å². The molecule has 1 N–H and O–H groups in total. The molecule has 3 heterocycles. The predicted octanol–water partition coefficient (Wildman–Crippen LogP) is 4.69. The Bertz CT molecular complexity index is 826. The molecule has 5 rings (SSSR count). The van der Waals surface area contributed by atoms with Gasteiger partial charge in [0.15, 0.2) is 0 Å². The van der Waals surface area contributed by atoms with E-state index in [2.05, 4.69) is 57.4 Å². The van der Waals surface area contributed by atoms with Crippen molar-refractivity contribution in [2.45, 2.75) is 56.9 Å². The number of para-hydroxylation sites is 2. The first-order valence-electron chi connectivity index (χ1n) is 10.6. The minimum absolute atomic E-state index is 0.0555. The minimum Gasteiger partial charge on any atom is -0.372 e. The molecule has 1 saturated heterocycles. The van der Waals surface area contributed by atoms with Gasteiger partial charge in [0, 0.05) is 31.4 Å². The molecule has 1 aromatic carbocycles. The highest BCUT2D eigenvalue weighted by molar-refractivity contribution is 5.76. The number of likely N-dealkylation sites (tertiary alicyclic amines) is 1. The SMILES string of the molecule is O=C(CCC1CCCC1)N1CCC2(CC1)Nc1ccccc1-n1cccc12. The summed E-state index contributed by atoms with van der Waals surface area (Å²) in [5, 5.41) is 3.83. The Hall–Kier alpha value is -2.23. The lowest BCUT2D eigenvalue weighted by molar-refractivity contribution is -0.133. The van der Waals surface area contributed by atoms with Crippen LogP contribution in [0.15, 0.2) is 42.6 Å². The molecule has 2 fully saturated rings. The second-order valence-electron chi connectivity index (χ2n) is 8.56. The summed E-state index contributed by atoms with van der Waals surface area (Å²) in [5.41, 5.74) is 3.69. The van der Waals surface area contributed by atoms with Crippen molar-refractivity contribution >= 4 is 11.6 Å². The van der Waals surface area contributed by atoms with Gasteiger partial charge in [0.1, 0.15) is 0 Å². The molecule has 1 saturated carbocycles. The van der Waals surface area contributed by atoms with Gasteiger partial charge in [-0.3, -0.25) is 4.79 Å². The number of aromatic nitrogens is 1. The number of amides is 1. The van der Waals surface area contributed by atoms with Crippen LogP contribution < -0.4 is 5.32 Å². The quantitative estimate of drug-likeness (QED) is 0.859. The Morgan fingerprint density at radius 2 is 1.85 bits per heavy atom. The number of piperidine rings is 1. The van der Waals surface area contributed by atoms with E-state index in [4.69, 9.17) is 0 Å². The third kappa shape index (κ3) is 2.95. The Morgan fingerprint density at radius 1 is 1.07 bits per heavy atom. The van der Waals surface area contributed by atoms with Gasteiger partial charge in [-0.25, -0.2) is 0 Å². The predicted molar refractivity (Wildman–Crippen MR) is 108 cm³/mol. The molecule has 2 aromatic rings. The third-order valence-electron chi connectivity index (χ3n) is 6.99. The van der Waals surface area contributed by atoms with E-state index < -0.39 is 0 Å². The summed E-state index contributed by atoms with van der Waals surface area (Å²) >= 11 is 0. The van der Waals surface area contributed by atoms with Crippen LogP contribution in [-0.4, -0.2) is 28.5 Å². The van der Waals surface area contributed by atoms with E-state index >= 15 is 0 Å². The van der Waals surface area contributed by atoms with Crippen LogP contribution >= 0.6 is 0 Å². The molecule has 1 aliphatic carbocycles. The number of anilines is 1. The number of nitrogens with one attached hydrogen (secondary N) is 1. The van der Waals surface area contributed by atoms with E-state index in [0.29, 0.717) is 5.91 Å². The fourth-order valence-electron chi connectivity index (χ4n) is 5.40. The van der Waals surface area contributed by atoms with Crippen molar-refractivity contribution in [2.24, 2.45) is 5.92 Å². The number of hydrogen-bond donors (Lipinski definition) is 1. The van der Waals surface area contributed by atoms with Crippen LogP contribution in [0.1, 0.15) is 57.1 Å². The van der Waals surface area contributed by atoms with E-state index in [1.54, 1.807) is 0 Å². The molecule has 4 nitrogen and oxygen atoms in total. The van der Waals surface area contributed by atoms with Crippen molar-refractivity contribution in [1.82, 2.24) is 9.47 Å². The summed E-state index contributed by atoms with van der Waals surface area (Å²) in [6.07, 6.45) is 11.3. The zero-order valence-corrected chi connectivity index (χ0v) is 16.0. The van der Waals surface area contributed by atoms with Crippen molar-refractivity contribution in [1.29, 1.82) is 0 Å². The molecule has 0 atom stereocenters. The number of fused-ring (bicyclic) bond motifs is 4. The number of benzene rings is 1. The normalized spacial score (nSPS) is 21.0. The maximum Gasteiger partial charge on any atom is 0.222 e. The van der Waals surface area contributed by atoms with Crippen LogP contribution in [-0.2, 0) is 10.3 Å². The molecule has 4 heteroatoms. The van der Waals surface area contributed by atoms with Gasteiger partial charge >= 0.3 is 0 Å². The molecule has 3 aliphatic rings. The summed E-state index contributed by atoms with van der Waals surface area (Å²) in [7, 11) is 0. The third-order valence-corrected chi connectivity index (χ3v) is 6.99. The van der Waals surface area contributed by atoms with E-state index in [-0.39, 0.29) is 5.54 Å². The minimum atomic E-state index is -0.0555. The van der Waals surface area contributed by atoms with Gasteiger partial charge in [0.05, 0.1) is 16.9 Å². The lowest BCUT2D eigenvalue weighted by Crippen LogP contribution is -2.51. The highest BCUT2D eigenvalue weighted by atomic mass is 16.2. The topological polar surface area (TPSA) is 37.3 Å². The van der Waals surface area contributed by atoms with E-state index in [1.807, 2.05) is 0 Å². The standard InChI is InChI=1S/C23H29N3O/c27-22(12-11-18-6-1-2-7-18)25-16-13-23(14-17-25)21-10-5-15-26(21)20-9-4-3-8-19(20)24-23/h3-5,8-10,15,18,24H,1-2,6-7,11-14,16-17H2. The van der Waals surface area contributed by atoms with Crippen molar-refractivity contribution in [3.63, 3.8) is 0 Å². The van der Waals surface area contributed by atoms with Crippen LogP contribution in [0.3, 0.4) is 0 Å². The summed E-state index contributed by atoms with van der Waals surface area (Å²) < 4.78 is 2.32. The highest BCUT2D eigenvalue weighted by Gasteiger charge is 2.42. The molecule has 1 aromatic heterocycles. The van der Waals surface area contributed by atoms with Crippen LogP contribution in [0.2, 0.25) is 0 Å². The lowest BCUT2D eigenvalue weighted by atomic mass is 9.82. The zero-order valence-electron chi connectivity index (χ0n) is 16.0. The van der Waals surface area contributed by atoms with Crippen molar-refractivity contribution < 1.29 is 4.79 Å². The van der Waals surface area contributed by atoms with Crippen molar-refractivity contribution in [2.75, 3.05) is 18.4 Å². The largest absolute Gasteiger partial charge is 0.372 e. The highest BCUT2D eigenvalue weighted by Crippen LogP contribution is 2.43. The van der Waals surface area contributed by atoms with Crippen LogP contribution in [0.25, 0.3) is 5.69 Å². The van der Waals surface area contributed by atoms with Crippen LogP contribution in [0.4, 0.5) is 5.69 Å². The van der Waals surface area contributed by atoms with Gasteiger partial charge in [-0.05, 0) is 49.4 Å². The molecule has 0 radical (unpaired) electrons. The molecule has 0 unspecified atom stereocenters. The molecular weight excluding hydrogens is 334 g/mol. The van der Waals surface area contributed by atoms with Gasteiger partial charge in [0.2, 0.25) is 5.91 Å². The first-order valence-corrected chi connectivity index (χ1v) is 10.6. The number of carbonyl (C=O) groups excluding carboxylic acids is 1. The van der Waals surface area contributed by atoms with Crippen molar-refractivity contribution in [3.8, 4) is 5.69 Å². The monoisotopic (exact) mass is 363 g/mol. The molecule has 2 aliphatic heterocycles. The second kappa shape index (κ2) is 6.74. The maximum atomic E-state index is 12.7. The first-order chi connectivity index (χ1) is 13.3. The second-order valence-corrected chi connectivity index (χ2v) is 8.56. The summed E-state index contributed by atoms with van der Waals surface area (Å²) in [6.45, 7) is 1.70. The van der Waals surface area contributed by atoms with Gasteiger partial charge in [0.25, 0.3) is 0 Å². The molecule has 1 amide bonds. The average molecular weight is 364 g/mol.